The van der Waals surface area contributed by atoms with Crippen LogP contribution in [0.5, 0.6) is 0 Å². The molecule has 0 N–H and O–H groups in total. The van der Waals surface area contributed by atoms with Crippen molar-refractivity contribution in [2.24, 2.45) is 11.8 Å². The summed E-state index contributed by atoms with van der Waals surface area (Å²) in [7, 11) is 0. The minimum atomic E-state index is 0.446. The first kappa shape index (κ1) is 10.9. The predicted molar refractivity (Wildman–Crippen MR) is 59.6 cm³/mol. The molecular formula is C13H20O2. The Hall–Kier alpha value is -0.630. The Morgan fingerprint density at radius 1 is 1.47 bits per heavy atom. The second kappa shape index (κ2) is 4.93. The van der Waals surface area contributed by atoms with Crippen molar-refractivity contribution in [2.75, 3.05) is 6.61 Å². The van der Waals surface area contributed by atoms with Gasteiger partial charge in [-0.3, -0.25) is 0 Å². The van der Waals surface area contributed by atoms with Crippen LogP contribution in [0.4, 0.5) is 0 Å². The van der Waals surface area contributed by atoms with E-state index in [0.29, 0.717) is 18.4 Å². The average molecular weight is 208 g/mol. The Balaban J connectivity index is 1.77. The van der Waals surface area contributed by atoms with Crippen LogP contribution in [0.15, 0.2) is 11.6 Å². The largest absolute Gasteiger partial charge is 0.378 e. The maximum Gasteiger partial charge on any atom is 0.120 e. The standard InChI is InChI=1S/C13H20O2/c1-2-11-7-10-8-12(11)13(9-10)15-6-4-3-5-14/h2,5,10,12-13H,3-4,6-9H2,1H3. The molecule has 0 aliphatic heterocycles. The molecule has 0 spiro atoms. The molecule has 0 amide bonds. The molecule has 2 aliphatic rings. The second-order valence-electron chi connectivity index (χ2n) is 4.73. The maximum atomic E-state index is 10.2. The molecule has 3 unspecified atom stereocenters. The molecule has 0 aromatic rings. The van der Waals surface area contributed by atoms with Crippen LogP contribution in [0.1, 0.15) is 39.0 Å². The maximum absolute atomic E-state index is 10.2. The average Bonchev–Trinajstić information content (AvgIpc) is 2.83. The minimum absolute atomic E-state index is 0.446. The van der Waals surface area contributed by atoms with E-state index in [1.54, 1.807) is 5.57 Å². The van der Waals surface area contributed by atoms with Crippen molar-refractivity contribution in [3.8, 4) is 0 Å². The summed E-state index contributed by atoms with van der Waals surface area (Å²) in [6.07, 6.45) is 9.07. The van der Waals surface area contributed by atoms with E-state index < -0.39 is 0 Å². The van der Waals surface area contributed by atoms with Crippen molar-refractivity contribution in [1.82, 2.24) is 0 Å². The van der Waals surface area contributed by atoms with Crippen LogP contribution >= 0.6 is 0 Å². The summed E-state index contributed by atoms with van der Waals surface area (Å²) in [5.41, 5.74) is 1.60. The van der Waals surface area contributed by atoms with Gasteiger partial charge in [-0.1, -0.05) is 11.6 Å². The lowest BCUT2D eigenvalue weighted by atomic mass is 9.92. The topological polar surface area (TPSA) is 26.3 Å². The number of hydrogen-bond donors (Lipinski definition) is 0. The highest BCUT2D eigenvalue weighted by Crippen LogP contribution is 2.49. The van der Waals surface area contributed by atoms with Gasteiger partial charge in [0.05, 0.1) is 6.10 Å². The fourth-order valence-corrected chi connectivity index (χ4v) is 3.06. The molecule has 2 nitrogen and oxygen atoms in total. The lowest BCUT2D eigenvalue weighted by molar-refractivity contribution is -0.108. The van der Waals surface area contributed by atoms with Crippen LogP contribution < -0.4 is 0 Å². The number of hydrogen-bond acceptors (Lipinski definition) is 2. The van der Waals surface area contributed by atoms with Gasteiger partial charge in [0, 0.05) is 18.9 Å². The first-order valence-electron chi connectivity index (χ1n) is 6.05. The third kappa shape index (κ3) is 2.31. The van der Waals surface area contributed by atoms with E-state index in [-0.39, 0.29) is 0 Å². The summed E-state index contributed by atoms with van der Waals surface area (Å²) >= 11 is 0. The Kier molecular flexibility index (Phi) is 3.57. The van der Waals surface area contributed by atoms with Crippen LogP contribution in [-0.2, 0) is 9.53 Å². The van der Waals surface area contributed by atoms with Gasteiger partial charge in [0.15, 0.2) is 0 Å². The number of carbonyl (C=O) groups is 1. The number of ether oxygens (including phenoxy) is 1. The monoisotopic (exact) mass is 208 g/mol. The van der Waals surface area contributed by atoms with Gasteiger partial charge in [0.25, 0.3) is 0 Å². The van der Waals surface area contributed by atoms with E-state index in [4.69, 9.17) is 4.74 Å². The number of unbranched alkanes of at least 4 members (excludes halogenated alkanes) is 1. The molecule has 2 aliphatic carbocycles. The molecule has 0 radical (unpaired) electrons. The normalized spacial score (nSPS) is 36.3. The summed E-state index contributed by atoms with van der Waals surface area (Å²) in [6, 6.07) is 0. The molecule has 2 fully saturated rings. The van der Waals surface area contributed by atoms with Gasteiger partial charge < -0.3 is 9.53 Å². The number of aldehydes is 1. The molecule has 0 saturated heterocycles. The molecule has 2 rings (SSSR count). The van der Waals surface area contributed by atoms with Crippen molar-refractivity contribution in [3.05, 3.63) is 11.6 Å². The summed E-state index contributed by atoms with van der Waals surface area (Å²) in [5.74, 6) is 1.56. The van der Waals surface area contributed by atoms with Gasteiger partial charge >= 0.3 is 0 Å². The summed E-state index contributed by atoms with van der Waals surface area (Å²) in [6.45, 7) is 2.89. The lowest BCUT2D eigenvalue weighted by Gasteiger charge is -2.24. The van der Waals surface area contributed by atoms with E-state index >= 15 is 0 Å². The van der Waals surface area contributed by atoms with E-state index in [0.717, 1.165) is 25.2 Å². The zero-order chi connectivity index (χ0) is 10.7. The third-order valence-corrected chi connectivity index (χ3v) is 3.77. The van der Waals surface area contributed by atoms with Crippen LogP contribution in [-0.4, -0.2) is 19.0 Å². The second-order valence-corrected chi connectivity index (χ2v) is 4.73. The summed E-state index contributed by atoms with van der Waals surface area (Å²) < 4.78 is 5.87. The molecule has 2 saturated carbocycles. The summed E-state index contributed by atoms with van der Waals surface area (Å²) in [5, 5.41) is 0. The van der Waals surface area contributed by atoms with Gasteiger partial charge in [-0.25, -0.2) is 0 Å². The Bertz CT molecular complexity index is 257. The van der Waals surface area contributed by atoms with E-state index in [1.165, 1.54) is 19.3 Å². The van der Waals surface area contributed by atoms with Crippen LogP contribution in [0.3, 0.4) is 0 Å². The molecule has 15 heavy (non-hydrogen) atoms. The minimum Gasteiger partial charge on any atom is -0.378 e. The SMILES string of the molecule is CC=C1CC2CC(OCCCC=O)C1C2. The molecule has 3 atom stereocenters. The van der Waals surface area contributed by atoms with Gasteiger partial charge in [-0.2, -0.15) is 0 Å². The molecule has 0 heterocycles. The molecule has 0 aromatic heterocycles. The molecular weight excluding hydrogens is 188 g/mol. The first-order valence-corrected chi connectivity index (χ1v) is 6.05. The predicted octanol–water partition coefficient (Wildman–Crippen LogP) is 2.73. The molecule has 2 bridgehead atoms. The van der Waals surface area contributed by atoms with Gasteiger partial charge in [0.1, 0.15) is 6.29 Å². The van der Waals surface area contributed by atoms with Gasteiger partial charge in [0.2, 0.25) is 0 Å². The van der Waals surface area contributed by atoms with Crippen molar-refractivity contribution in [3.63, 3.8) is 0 Å². The van der Waals surface area contributed by atoms with Crippen molar-refractivity contribution >= 4 is 6.29 Å². The highest BCUT2D eigenvalue weighted by molar-refractivity contribution is 5.48. The smallest absolute Gasteiger partial charge is 0.120 e. The molecule has 2 heteroatoms. The number of rotatable bonds is 5. The molecule has 0 aromatic carbocycles. The summed E-state index contributed by atoms with van der Waals surface area (Å²) in [4.78, 5) is 10.2. The lowest BCUT2D eigenvalue weighted by Crippen LogP contribution is -2.22. The van der Waals surface area contributed by atoms with Gasteiger partial charge in [-0.15, -0.1) is 0 Å². The fraction of sp³-hybridized carbons (Fsp3) is 0.769. The van der Waals surface area contributed by atoms with Gasteiger partial charge in [-0.05, 0) is 38.5 Å². The number of allylic oxidation sites excluding steroid dienone is 1. The Morgan fingerprint density at radius 2 is 2.33 bits per heavy atom. The third-order valence-electron chi connectivity index (χ3n) is 3.77. The zero-order valence-electron chi connectivity index (χ0n) is 9.45. The van der Waals surface area contributed by atoms with Crippen molar-refractivity contribution in [2.45, 2.75) is 45.1 Å². The van der Waals surface area contributed by atoms with Crippen LogP contribution in [0, 0.1) is 11.8 Å². The Labute approximate surface area is 91.7 Å². The highest BCUT2D eigenvalue weighted by atomic mass is 16.5. The quantitative estimate of drug-likeness (QED) is 0.394. The zero-order valence-corrected chi connectivity index (χ0v) is 9.45. The molecule has 84 valence electrons. The number of fused-ring (bicyclic) bond motifs is 2. The Morgan fingerprint density at radius 3 is 3.00 bits per heavy atom. The number of carbonyl (C=O) groups excluding carboxylic acids is 1. The van der Waals surface area contributed by atoms with E-state index in [1.807, 2.05) is 0 Å². The van der Waals surface area contributed by atoms with E-state index in [2.05, 4.69) is 13.0 Å². The van der Waals surface area contributed by atoms with Crippen LogP contribution in [0.2, 0.25) is 0 Å². The first-order chi connectivity index (χ1) is 7.35. The van der Waals surface area contributed by atoms with Crippen LogP contribution in [0.25, 0.3) is 0 Å². The fourth-order valence-electron chi connectivity index (χ4n) is 3.06. The van der Waals surface area contributed by atoms with E-state index in [9.17, 15) is 4.79 Å². The van der Waals surface area contributed by atoms with Crippen molar-refractivity contribution in [1.29, 1.82) is 0 Å². The van der Waals surface area contributed by atoms with Crippen molar-refractivity contribution < 1.29 is 9.53 Å². The highest BCUT2D eigenvalue weighted by Gasteiger charge is 2.42.